The van der Waals surface area contributed by atoms with Crippen molar-refractivity contribution in [2.45, 2.75) is 0 Å². The van der Waals surface area contributed by atoms with Gasteiger partial charge in [0.2, 0.25) is 0 Å². The topological polar surface area (TPSA) is 93.4 Å². The van der Waals surface area contributed by atoms with E-state index < -0.39 is 24.4 Å². The van der Waals surface area contributed by atoms with Crippen molar-refractivity contribution in [2.75, 3.05) is 18.9 Å². The Morgan fingerprint density at radius 2 is 2.22 bits per heavy atom. The molecule has 0 unspecified atom stereocenters. The van der Waals surface area contributed by atoms with Crippen LogP contribution in [0.5, 0.6) is 0 Å². The summed E-state index contributed by atoms with van der Waals surface area (Å²) >= 11 is 0. The first kappa shape index (κ1) is 13.4. The highest BCUT2D eigenvalue weighted by atomic mass is 19.1. The van der Waals surface area contributed by atoms with Crippen molar-refractivity contribution < 1.29 is 19.1 Å². The van der Waals surface area contributed by atoms with Crippen molar-refractivity contribution in [1.29, 1.82) is 5.26 Å². The number of likely N-dealkylation sites (N-methyl/N-ethyl adjacent to an activating group) is 1. The third-order valence-corrected chi connectivity index (χ3v) is 2.06. The minimum Gasteiger partial charge on any atom is -0.480 e. The van der Waals surface area contributed by atoms with Gasteiger partial charge in [-0.05, 0) is 18.2 Å². The molecule has 18 heavy (non-hydrogen) atoms. The molecule has 0 radical (unpaired) electrons. The molecule has 0 aliphatic carbocycles. The molecular weight excluding hydrogens is 241 g/mol. The fourth-order valence-electron chi connectivity index (χ4n) is 1.17. The van der Waals surface area contributed by atoms with Crippen LogP contribution in [0.1, 0.15) is 5.56 Å². The number of carboxylic acid groups (broad SMARTS) is 1. The predicted octanol–water partition coefficient (Wildman–Crippen LogP) is 1.25. The van der Waals surface area contributed by atoms with Crippen molar-refractivity contribution in [3.63, 3.8) is 0 Å². The quantitative estimate of drug-likeness (QED) is 0.845. The number of nitriles is 1. The van der Waals surface area contributed by atoms with Gasteiger partial charge in [-0.3, -0.25) is 4.79 Å². The maximum Gasteiger partial charge on any atom is 0.323 e. The fraction of sp³-hybridized carbons (Fsp3) is 0.182. The molecule has 0 aromatic heterocycles. The first-order valence-electron chi connectivity index (χ1n) is 4.87. The number of halogens is 1. The van der Waals surface area contributed by atoms with Crippen molar-refractivity contribution in [3.05, 3.63) is 29.6 Å². The number of hydrogen-bond donors (Lipinski definition) is 2. The SMILES string of the molecule is CN(CC(=O)O)C(=O)Nc1ccc(C#N)cc1F. The lowest BCUT2D eigenvalue weighted by atomic mass is 10.2. The summed E-state index contributed by atoms with van der Waals surface area (Å²) in [6.45, 7) is -0.496. The van der Waals surface area contributed by atoms with E-state index in [0.29, 0.717) is 0 Å². The Balaban J connectivity index is 2.76. The summed E-state index contributed by atoms with van der Waals surface area (Å²) in [6, 6.07) is 4.57. The van der Waals surface area contributed by atoms with Gasteiger partial charge in [-0.2, -0.15) is 5.26 Å². The van der Waals surface area contributed by atoms with E-state index in [1.165, 1.54) is 19.2 Å². The Bertz CT molecular complexity index is 525. The van der Waals surface area contributed by atoms with Crippen molar-refractivity contribution >= 4 is 17.7 Å². The number of nitrogens with zero attached hydrogens (tertiary/aromatic N) is 2. The molecule has 2 amide bonds. The van der Waals surface area contributed by atoms with Crippen LogP contribution in [0.25, 0.3) is 0 Å². The third kappa shape index (κ3) is 3.45. The van der Waals surface area contributed by atoms with E-state index in [1.807, 2.05) is 0 Å². The Morgan fingerprint density at radius 1 is 1.56 bits per heavy atom. The lowest BCUT2D eigenvalue weighted by molar-refractivity contribution is -0.137. The second-order valence-electron chi connectivity index (χ2n) is 3.49. The summed E-state index contributed by atoms with van der Waals surface area (Å²) in [5.41, 5.74) is 0.0145. The lowest BCUT2D eigenvalue weighted by Crippen LogP contribution is -2.35. The van der Waals surface area contributed by atoms with Gasteiger partial charge in [-0.25, -0.2) is 9.18 Å². The Labute approximate surface area is 102 Å². The molecule has 1 rings (SSSR count). The van der Waals surface area contributed by atoms with E-state index >= 15 is 0 Å². The van der Waals surface area contributed by atoms with Crippen LogP contribution in [0.3, 0.4) is 0 Å². The Kier molecular flexibility index (Phi) is 4.21. The molecule has 1 aromatic rings. The molecule has 94 valence electrons. The predicted molar refractivity (Wildman–Crippen MR) is 60.4 cm³/mol. The molecule has 0 atom stereocenters. The standard InChI is InChI=1S/C11H10FN3O3/c1-15(6-10(16)17)11(18)14-9-3-2-7(5-13)4-8(9)12/h2-4H,6H2,1H3,(H,14,18)(H,16,17). The summed E-state index contributed by atoms with van der Waals surface area (Å²) < 4.78 is 13.4. The maximum atomic E-state index is 13.4. The largest absolute Gasteiger partial charge is 0.480 e. The minimum absolute atomic E-state index is 0.115. The van der Waals surface area contributed by atoms with Crippen LogP contribution < -0.4 is 5.32 Å². The number of urea groups is 1. The van der Waals surface area contributed by atoms with Gasteiger partial charge < -0.3 is 15.3 Å². The van der Waals surface area contributed by atoms with Crippen molar-refractivity contribution in [2.24, 2.45) is 0 Å². The number of rotatable bonds is 3. The van der Waals surface area contributed by atoms with E-state index in [4.69, 9.17) is 10.4 Å². The fourth-order valence-corrected chi connectivity index (χ4v) is 1.17. The molecule has 2 N–H and O–H groups in total. The molecule has 1 aromatic carbocycles. The van der Waals surface area contributed by atoms with Gasteiger partial charge in [0.05, 0.1) is 17.3 Å². The summed E-state index contributed by atoms with van der Waals surface area (Å²) in [5.74, 6) is -1.93. The maximum absolute atomic E-state index is 13.4. The van der Waals surface area contributed by atoms with E-state index in [9.17, 15) is 14.0 Å². The number of hydrogen-bond acceptors (Lipinski definition) is 3. The summed E-state index contributed by atoms with van der Waals surface area (Å²) in [6.07, 6.45) is 0. The molecule has 0 bridgehead atoms. The minimum atomic E-state index is -1.17. The third-order valence-electron chi connectivity index (χ3n) is 2.06. The van der Waals surface area contributed by atoms with Crippen LogP contribution in [0.4, 0.5) is 14.9 Å². The number of carbonyl (C=O) groups excluding carboxylic acids is 1. The van der Waals surface area contributed by atoms with E-state index in [0.717, 1.165) is 11.0 Å². The van der Waals surface area contributed by atoms with Crippen molar-refractivity contribution in [1.82, 2.24) is 4.90 Å². The highest BCUT2D eigenvalue weighted by Gasteiger charge is 2.14. The summed E-state index contributed by atoms with van der Waals surface area (Å²) in [4.78, 5) is 22.7. The zero-order valence-electron chi connectivity index (χ0n) is 9.48. The molecule has 7 heteroatoms. The zero-order valence-corrected chi connectivity index (χ0v) is 9.48. The highest BCUT2D eigenvalue weighted by Crippen LogP contribution is 2.15. The first-order chi connectivity index (χ1) is 8.43. The van der Waals surface area contributed by atoms with Crippen LogP contribution in [0.15, 0.2) is 18.2 Å². The second-order valence-corrected chi connectivity index (χ2v) is 3.49. The van der Waals surface area contributed by atoms with E-state index in [1.54, 1.807) is 6.07 Å². The normalized spacial score (nSPS) is 9.39. The Hall–Kier alpha value is -2.62. The van der Waals surface area contributed by atoms with Gasteiger partial charge in [-0.1, -0.05) is 0 Å². The number of amides is 2. The summed E-state index contributed by atoms with van der Waals surface area (Å²) in [5, 5.41) is 19.2. The monoisotopic (exact) mass is 251 g/mol. The smallest absolute Gasteiger partial charge is 0.323 e. The number of carboxylic acids is 1. The van der Waals surface area contributed by atoms with Crippen molar-refractivity contribution in [3.8, 4) is 6.07 Å². The van der Waals surface area contributed by atoms with Gasteiger partial charge in [-0.15, -0.1) is 0 Å². The van der Waals surface area contributed by atoms with Gasteiger partial charge in [0.15, 0.2) is 0 Å². The number of aliphatic carboxylic acids is 1. The molecule has 0 aliphatic heterocycles. The molecular formula is C11H10FN3O3. The first-order valence-corrected chi connectivity index (χ1v) is 4.87. The average molecular weight is 251 g/mol. The molecule has 0 saturated carbocycles. The van der Waals surface area contributed by atoms with Gasteiger partial charge in [0, 0.05) is 7.05 Å². The van der Waals surface area contributed by atoms with Gasteiger partial charge in [0.1, 0.15) is 12.4 Å². The zero-order chi connectivity index (χ0) is 13.7. The van der Waals surface area contributed by atoms with Gasteiger partial charge in [0.25, 0.3) is 0 Å². The molecule has 0 spiro atoms. The molecule has 6 nitrogen and oxygen atoms in total. The van der Waals surface area contributed by atoms with Crippen LogP contribution in [-0.4, -0.2) is 35.6 Å². The molecule has 0 fully saturated rings. The lowest BCUT2D eigenvalue weighted by Gasteiger charge is -2.15. The molecule has 0 saturated heterocycles. The Morgan fingerprint density at radius 3 is 2.72 bits per heavy atom. The van der Waals surface area contributed by atoms with Crippen LogP contribution in [-0.2, 0) is 4.79 Å². The van der Waals surface area contributed by atoms with Crippen LogP contribution in [0, 0.1) is 17.1 Å². The van der Waals surface area contributed by atoms with E-state index in [2.05, 4.69) is 5.32 Å². The number of benzene rings is 1. The number of carbonyl (C=O) groups is 2. The van der Waals surface area contributed by atoms with Crippen LogP contribution in [0.2, 0.25) is 0 Å². The number of anilines is 1. The highest BCUT2D eigenvalue weighted by molar-refractivity contribution is 5.91. The average Bonchev–Trinajstić information content (AvgIpc) is 2.30. The molecule has 0 heterocycles. The molecule has 0 aliphatic rings. The van der Waals surface area contributed by atoms with Gasteiger partial charge >= 0.3 is 12.0 Å². The number of nitrogens with one attached hydrogen (secondary N) is 1. The summed E-state index contributed by atoms with van der Waals surface area (Å²) in [7, 11) is 1.27. The van der Waals surface area contributed by atoms with E-state index in [-0.39, 0.29) is 11.3 Å². The van der Waals surface area contributed by atoms with Crippen LogP contribution >= 0.6 is 0 Å². The second kappa shape index (κ2) is 5.63.